The largest absolute Gasteiger partial charge is 0.387 e. The quantitative estimate of drug-likeness (QED) is 0.432. The molecule has 0 aromatic carbocycles. The predicted octanol–water partition coefficient (Wildman–Crippen LogP) is 0.595. The van der Waals surface area contributed by atoms with E-state index in [1.54, 1.807) is 0 Å². The minimum Gasteiger partial charge on any atom is -0.387 e. The van der Waals surface area contributed by atoms with Crippen molar-refractivity contribution in [2.24, 2.45) is 11.7 Å². The van der Waals surface area contributed by atoms with Crippen LogP contribution in [0.15, 0.2) is 0 Å². The average Bonchev–Trinajstić information content (AvgIpc) is 1.82. The van der Waals surface area contributed by atoms with Gasteiger partial charge in [0.25, 0.3) is 0 Å². The molecule has 0 amide bonds. The highest BCUT2D eigenvalue weighted by molar-refractivity contribution is 5.79. The Morgan fingerprint density at radius 2 is 2.33 bits per heavy atom. The molecule has 0 aliphatic rings. The van der Waals surface area contributed by atoms with Crippen molar-refractivity contribution in [2.75, 3.05) is 13.2 Å². The first-order valence-corrected chi connectivity index (χ1v) is 3.10. The molecule has 0 aliphatic heterocycles. The standard InChI is InChI=1S/C6H14N2O/c1-3-9-4-5(2)6(7)8/h5H,3-4H2,1-2H3,(H3,7,8). The Balaban J connectivity index is 3.27. The molecule has 0 bridgehead atoms. The summed E-state index contributed by atoms with van der Waals surface area (Å²) in [5.41, 5.74) is 5.18. The maximum absolute atomic E-state index is 6.98. The van der Waals surface area contributed by atoms with Crippen LogP contribution in [0.2, 0.25) is 0 Å². The summed E-state index contributed by atoms with van der Waals surface area (Å²) in [6.07, 6.45) is 0. The van der Waals surface area contributed by atoms with E-state index in [1.807, 2.05) is 13.8 Å². The topological polar surface area (TPSA) is 59.1 Å². The van der Waals surface area contributed by atoms with E-state index < -0.39 is 0 Å². The zero-order valence-electron chi connectivity index (χ0n) is 5.98. The second kappa shape index (κ2) is 4.32. The van der Waals surface area contributed by atoms with Gasteiger partial charge in [-0.3, -0.25) is 5.41 Å². The summed E-state index contributed by atoms with van der Waals surface area (Å²) in [5, 5.41) is 6.98. The van der Waals surface area contributed by atoms with Crippen LogP contribution in [0.3, 0.4) is 0 Å². The van der Waals surface area contributed by atoms with Crippen molar-refractivity contribution in [1.82, 2.24) is 0 Å². The van der Waals surface area contributed by atoms with Crippen LogP contribution in [0.25, 0.3) is 0 Å². The van der Waals surface area contributed by atoms with Crippen LogP contribution in [0, 0.1) is 11.3 Å². The lowest BCUT2D eigenvalue weighted by molar-refractivity contribution is 0.133. The minimum absolute atomic E-state index is 0.0601. The molecule has 0 saturated heterocycles. The third kappa shape index (κ3) is 3.97. The van der Waals surface area contributed by atoms with Gasteiger partial charge in [0.05, 0.1) is 12.4 Å². The van der Waals surface area contributed by atoms with Gasteiger partial charge in [-0.05, 0) is 6.92 Å². The third-order valence-electron chi connectivity index (χ3n) is 1.10. The molecule has 0 aliphatic carbocycles. The molecular weight excluding hydrogens is 116 g/mol. The molecule has 1 atom stereocenters. The number of hydrogen-bond donors (Lipinski definition) is 2. The Morgan fingerprint density at radius 3 is 2.67 bits per heavy atom. The van der Waals surface area contributed by atoms with Crippen LogP contribution in [-0.2, 0) is 4.74 Å². The van der Waals surface area contributed by atoms with Crippen molar-refractivity contribution in [3.63, 3.8) is 0 Å². The van der Waals surface area contributed by atoms with E-state index in [0.29, 0.717) is 13.2 Å². The molecule has 3 nitrogen and oxygen atoms in total. The highest BCUT2D eigenvalue weighted by atomic mass is 16.5. The first-order valence-electron chi connectivity index (χ1n) is 3.10. The summed E-state index contributed by atoms with van der Waals surface area (Å²) in [6.45, 7) is 5.05. The van der Waals surface area contributed by atoms with Gasteiger partial charge in [0.15, 0.2) is 0 Å². The predicted molar refractivity (Wildman–Crippen MR) is 37.6 cm³/mol. The van der Waals surface area contributed by atoms with Crippen LogP contribution in [0.4, 0.5) is 0 Å². The van der Waals surface area contributed by atoms with Gasteiger partial charge in [-0.25, -0.2) is 0 Å². The van der Waals surface area contributed by atoms with Gasteiger partial charge in [0, 0.05) is 12.5 Å². The molecule has 0 heterocycles. The SMILES string of the molecule is CCOCC(C)C(=N)N. The Kier molecular flexibility index (Phi) is 4.05. The molecule has 0 aromatic rings. The maximum Gasteiger partial charge on any atom is 0.0957 e. The van der Waals surface area contributed by atoms with Crippen molar-refractivity contribution in [3.05, 3.63) is 0 Å². The molecule has 9 heavy (non-hydrogen) atoms. The smallest absolute Gasteiger partial charge is 0.0957 e. The van der Waals surface area contributed by atoms with Crippen molar-refractivity contribution in [2.45, 2.75) is 13.8 Å². The Bertz CT molecular complexity index is 93.1. The lowest BCUT2D eigenvalue weighted by Crippen LogP contribution is -2.23. The van der Waals surface area contributed by atoms with Crippen molar-refractivity contribution >= 4 is 5.84 Å². The molecule has 3 N–H and O–H groups in total. The van der Waals surface area contributed by atoms with Crippen LogP contribution in [0.5, 0.6) is 0 Å². The van der Waals surface area contributed by atoms with Crippen molar-refractivity contribution < 1.29 is 4.74 Å². The van der Waals surface area contributed by atoms with E-state index in [2.05, 4.69) is 0 Å². The summed E-state index contributed by atoms with van der Waals surface area (Å²) in [5.74, 6) is 0.258. The highest BCUT2D eigenvalue weighted by Gasteiger charge is 2.02. The Labute approximate surface area is 55.7 Å². The fourth-order valence-electron chi connectivity index (χ4n) is 0.384. The van der Waals surface area contributed by atoms with Gasteiger partial charge in [0.2, 0.25) is 0 Å². The second-order valence-corrected chi connectivity index (χ2v) is 2.02. The fourth-order valence-corrected chi connectivity index (χ4v) is 0.384. The molecule has 54 valence electrons. The normalized spacial score (nSPS) is 13.1. The van der Waals surface area contributed by atoms with E-state index in [0.717, 1.165) is 0 Å². The molecule has 0 spiro atoms. The zero-order valence-corrected chi connectivity index (χ0v) is 5.98. The van der Waals surface area contributed by atoms with E-state index in [-0.39, 0.29) is 11.8 Å². The Hall–Kier alpha value is -0.570. The van der Waals surface area contributed by atoms with E-state index in [9.17, 15) is 0 Å². The summed E-state index contributed by atoms with van der Waals surface area (Å²) >= 11 is 0. The lowest BCUT2D eigenvalue weighted by Gasteiger charge is -2.07. The van der Waals surface area contributed by atoms with Gasteiger partial charge in [-0.1, -0.05) is 6.92 Å². The van der Waals surface area contributed by atoms with Crippen molar-refractivity contribution in [3.8, 4) is 0 Å². The van der Waals surface area contributed by atoms with E-state index in [4.69, 9.17) is 15.9 Å². The zero-order chi connectivity index (χ0) is 7.28. The fraction of sp³-hybridized carbons (Fsp3) is 0.833. The maximum atomic E-state index is 6.98. The third-order valence-corrected chi connectivity index (χ3v) is 1.10. The monoisotopic (exact) mass is 130 g/mol. The van der Waals surface area contributed by atoms with Crippen LogP contribution in [-0.4, -0.2) is 19.0 Å². The Morgan fingerprint density at radius 1 is 1.78 bits per heavy atom. The highest BCUT2D eigenvalue weighted by Crippen LogP contribution is 1.92. The molecule has 0 rings (SSSR count). The number of nitrogens with one attached hydrogen (secondary N) is 1. The summed E-state index contributed by atoms with van der Waals surface area (Å²) in [7, 11) is 0. The number of ether oxygens (including phenoxy) is 1. The van der Waals surface area contributed by atoms with Gasteiger partial charge in [-0.2, -0.15) is 0 Å². The summed E-state index contributed by atoms with van der Waals surface area (Å²) < 4.78 is 5.04. The van der Waals surface area contributed by atoms with Crippen LogP contribution in [0.1, 0.15) is 13.8 Å². The van der Waals surface area contributed by atoms with Crippen LogP contribution < -0.4 is 5.73 Å². The molecule has 1 unspecified atom stereocenters. The van der Waals surface area contributed by atoms with Crippen LogP contribution >= 0.6 is 0 Å². The summed E-state index contributed by atoms with van der Waals surface area (Å²) in [6, 6.07) is 0. The number of rotatable bonds is 4. The molecule has 3 heteroatoms. The lowest BCUT2D eigenvalue weighted by atomic mass is 10.2. The van der Waals surface area contributed by atoms with Gasteiger partial charge < -0.3 is 10.5 Å². The number of hydrogen-bond acceptors (Lipinski definition) is 2. The van der Waals surface area contributed by atoms with Gasteiger partial charge >= 0.3 is 0 Å². The molecule has 0 saturated carbocycles. The average molecular weight is 130 g/mol. The van der Waals surface area contributed by atoms with Gasteiger partial charge in [-0.15, -0.1) is 0 Å². The first-order chi connectivity index (χ1) is 4.18. The van der Waals surface area contributed by atoms with Gasteiger partial charge in [0.1, 0.15) is 0 Å². The molecule has 0 fully saturated rings. The molecule has 0 radical (unpaired) electrons. The minimum atomic E-state index is 0.0601. The molecular formula is C6H14N2O. The van der Waals surface area contributed by atoms with E-state index >= 15 is 0 Å². The number of nitrogens with two attached hydrogens (primary N) is 1. The van der Waals surface area contributed by atoms with Crippen molar-refractivity contribution in [1.29, 1.82) is 5.41 Å². The first kappa shape index (κ1) is 8.43. The second-order valence-electron chi connectivity index (χ2n) is 2.02. The van der Waals surface area contributed by atoms with E-state index in [1.165, 1.54) is 0 Å². The number of amidine groups is 1. The summed E-state index contributed by atoms with van der Waals surface area (Å²) in [4.78, 5) is 0. The molecule has 0 aromatic heterocycles.